The van der Waals surface area contributed by atoms with E-state index in [9.17, 15) is 0 Å². The predicted octanol–water partition coefficient (Wildman–Crippen LogP) is 2.27. The van der Waals surface area contributed by atoms with E-state index in [4.69, 9.17) is 4.74 Å². The first-order valence-electron chi connectivity index (χ1n) is 3.56. The maximum absolute atomic E-state index is 5.17. The molecule has 0 bridgehead atoms. The fourth-order valence-corrected chi connectivity index (χ4v) is 0.878. The number of hydrogen-bond donors (Lipinski definition) is 0. The van der Waals surface area contributed by atoms with Gasteiger partial charge in [-0.25, -0.2) is 0 Å². The summed E-state index contributed by atoms with van der Waals surface area (Å²) in [6.45, 7) is 8.14. The van der Waals surface area contributed by atoms with Crippen LogP contribution in [0.5, 0.6) is 0 Å². The Hall–Kier alpha value is -0.0400. The number of rotatable bonds is 4. The van der Waals surface area contributed by atoms with Crippen LogP contribution in [0.25, 0.3) is 0 Å². The molecular formula is C8H17O. The van der Waals surface area contributed by atoms with Gasteiger partial charge in [0.15, 0.2) is 0 Å². The molecule has 0 saturated carbocycles. The molecule has 0 spiro atoms. The third-order valence-corrected chi connectivity index (χ3v) is 1.45. The molecule has 0 aliphatic rings. The average molecular weight is 129 g/mol. The van der Waals surface area contributed by atoms with Gasteiger partial charge in [-0.3, -0.25) is 0 Å². The van der Waals surface area contributed by atoms with Gasteiger partial charge >= 0.3 is 0 Å². The van der Waals surface area contributed by atoms with Crippen LogP contribution in [0.1, 0.15) is 26.7 Å². The summed E-state index contributed by atoms with van der Waals surface area (Å²) in [7, 11) is 1.76. The highest BCUT2D eigenvalue weighted by atomic mass is 16.5. The highest BCUT2D eigenvalue weighted by Crippen LogP contribution is 2.09. The van der Waals surface area contributed by atoms with Crippen molar-refractivity contribution in [1.29, 1.82) is 0 Å². The molecule has 2 atom stereocenters. The quantitative estimate of drug-likeness (QED) is 0.565. The molecule has 0 aliphatic carbocycles. The lowest BCUT2D eigenvalue weighted by Crippen LogP contribution is -2.11. The first-order chi connectivity index (χ1) is 4.20. The highest BCUT2D eigenvalue weighted by molar-refractivity contribution is 4.61. The van der Waals surface area contributed by atoms with E-state index in [-0.39, 0.29) is 0 Å². The SMILES string of the molecule is [CH2]C(C)CC(CC)OC. The summed E-state index contributed by atoms with van der Waals surface area (Å²) in [6, 6.07) is 0. The van der Waals surface area contributed by atoms with Gasteiger partial charge in [0.1, 0.15) is 0 Å². The molecule has 1 heteroatoms. The lowest BCUT2D eigenvalue weighted by molar-refractivity contribution is 0.0841. The lowest BCUT2D eigenvalue weighted by atomic mass is 10.0. The van der Waals surface area contributed by atoms with Crippen LogP contribution in [0.4, 0.5) is 0 Å². The van der Waals surface area contributed by atoms with Crippen molar-refractivity contribution in [1.82, 2.24) is 0 Å². The van der Waals surface area contributed by atoms with Gasteiger partial charge in [-0.15, -0.1) is 0 Å². The van der Waals surface area contributed by atoms with Crippen LogP contribution in [0.3, 0.4) is 0 Å². The third-order valence-electron chi connectivity index (χ3n) is 1.45. The van der Waals surface area contributed by atoms with Crippen LogP contribution in [0.2, 0.25) is 0 Å². The van der Waals surface area contributed by atoms with Crippen molar-refractivity contribution >= 4 is 0 Å². The minimum atomic E-state index is 0.414. The lowest BCUT2D eigenvalue weighted by Gasteiger charge is -2.14. The number of hydrogen-bond acceptors (Lipinski definition) is 1. The number of methoxy groups -OCH3 is 1. The molecule has 1 radical (unpaired) electrons. The Kier molecular flexibility index (Phi) is 4.78. The summed E-state index contributed by atoms with van der Waals surface area (Å²) in [6.07, 6.45) is 2.58. The van der Waals surface area contributed by atoms with E-state index in [1.807, 2.05) is 0 Å². The minimum absolute atomic E-state index is 0.414. The predicted molar refractivity (Wildman–Crippen MR) is 40.2 cm³/mol. The van der Waals surface area contributed by atoms with Crippen LogP contribution in [0, 0.1) is 12.8 Å². The maximum atomic E-state index is 5.17. The molecule has 0 amide bonds. The summed E-state index contributed by atoms with van der Waals surface area (Å²) in [5, 5.41) is 0. The minimum Gasteiger partial charge on any atom is -0.381 e. The summed E-state index contributed by atoms with van der Waals surface area (Å²) >= 11 is 0. The van der Waals surface area contributed by atoms with Gasteiger partial charge < -0.3 is 4.74 Å². The van der Waals surface area contributed by atoms with Crippen molar-refractivity contribution in [3.63, 3.8) is 0 Å². The molecule has 0 fully saturated rings. The van der Waals surface area contributed by atoms with Crippen molar-refractivity contribution in [3.8, 4) is 0 Å². The molecule has 0 N–H and O–H groups in total. The van der Waals surface area contributed by atoms with E-state index in [1.165, 1.54) is 0 Å². The van der Waals surface area contributed by atoms with E-state index < -0.39 is 0 Å². The van der Waals surface area contributed by atoms with Crippen LogP contribution < -0.4 is 0 Å². The molecule has 0 aromatic carbocycles. The van der Waals surface area contributed by atoms with E-state index in [0.717, 1.165) is 12.8 Å². The second-order valence-corrected chi connectivity index (χ2v) is 2.61. The molecule has 0 rings (SSSR count). The zero-order valence-corrected chi connectivity index (χ0v) is 6.68. The maximum Gasteiger partial charge on any atom is 0.0571 e. The Balaban J connectivity index is 3.31. The van der Waals surface area contributed by atoms with Gasteiger partial charge in [-0.2, -0.15) is 0 Å². The fraction of sp³-hybridized carbons (Fsp3) is 0.875. The number of ether oxygens (including phenoxy) is 1. The van der Waals surface area contributed by atoms with Gasteiger partial charge in [0.2, 0.25) is 0 Å². The summed E-state index contributed by atoms with van der Waals surface area (Å²) in [4.78, 5) is 0. The van der Waals surface area contributed by atoms with E-state index in [0.29, 0.717) is 12.0 Å². The first kappa shape index (κ1) is 8.96. The van der Waals surface area contributed by atoms with E-state index in [2.05, 4.69) is 20.8 Å². The van der Waals surface area contributed by atoms with Crippen molar-refractivity contribution < 1.29 is 4.74 Å². The van der Waals surface area contributed by atoms with Gasteiger partial charge in [0.05, 0.1) is 6.10 Å². The molecule has 1 nitrogen and oxygen atoms in total. The van der Waals surface area contributed by atoms with Crippen molar-refractivity contribution in [2.75, 3.05) is 7.11 Å². The Morgan fingerprint density at radius 1 is 1.56 bits per heavy atom. The molecular weight excluding hydrogens is 112 g/mol. The van der Waals surface area contributed by atoms with Crippen molar-refractivity contribution in [2.24, 2.45) is 5.92 Å². The van der Waals surface area contributed by atoms with Gasteiger partial charge in [0.25, 0.3) is 0 Å². The van der Waals surface area contributed by atoms with Crippen molar-refractivity contribution in [3.05, 3.63) is 6.92 Å². The summed E-state index contributed by atoms with van der Waals surface area (Å²) in [5.74, 6) is 0.509. The Morgan fingerprint density at radius 3 is 2.22 bits per heavy atom. The molecule has 0 aromatic heterocycles. The molecule has 0 heterocycles. The molecule has 9 heavy (non-hydrogen) atoms. The van der Waals surface area contributed by atoms with Gasteiger partial charge in [-0.1, -0.05) is 20.8 Å². The zero-order valence-electron chi connectivity index (χ0n) is 6.68. The topological polar surface area (TPSA) is 9.23 Å². The Morgan fingerprint density at radius 2 is 2.11 bits per heavy atom. The van der Waals surface area contributed by atoms with Crippen molar-refractivity contribution in [2.45, 2.75) is 32.8 Å². The fourth-order valence-electron chi connectivity index (χ4n) is 0.878. The second-order valence-electron chi connectivity index (χ2n) is 2.61. The smallest absolute Gasteiger partial charge is 0.0571 e. The third kappa shape index (κ3) is 4.46. The molecule has 0 aliphatic heterocycles. The zero-order chi connectivity index (χ0) is 7.28. The molecule has 0 aromatic rings. The highest BCUT2D eigenvalue weighted by Gasteiger charge is 2.05. The average Bonchev–Trinajstić information content (AvgIpc) is 1.82. The Bertz CT molecular complexity index is 55.6. The summed E-state index contributed by atoms with van der Waals surface area (Å²) in [5.41, 5.74) is 0. The second kappa shape index (κ2) is 4.80. The Labute approximate surface area is 58.4 Å². The largest absolute Gasteiger partial charge is 0.381 e. The van der Waals surface area contributed by atoms with E-state index in [1.54, 1.807) is 7.11 Å². The standard InChI is InChI=1S/C8H17O/c1-5-8(9-4)6-7(2)3/h7-8H,2,5-6H2,1,3-4H3. The van der Waals surface area contributed by atoms with Crippen LogP contribution >= 0.6 is 0 Å². The molecule has 55 valence electrons. The summed E-state index contributed by atoms with van der Waals surface area (Å²) < 4.78 is 5.17. The normalized spacial score (nSPS) is 14.3. The van der Waals surface area contributed by atoms with Gasteiger partial charge in [-0.05, 0) is 18.8 Å². The van der Waals surface area contributed by atoms with Crippen LogP contribution in [-0.2, 0) is 4.74 Å². The van der Waals surface area contributed by atoms with Crippen LogP contribution in [0.15, 0.2) is 0 Å². The monoisotopic (exact) mass is 129 g/mol. The molecule has 0 saturated heterocycles. The van der Waals surface area contributed by atoms with Gasteiger partial charge in [0, 0.05) is 7.11 Å². The first-order valence-corrected chi connectivity index (χ1v) is 3.56. The van der Waals surface area contributed by atoms with E-state index >= 15 is 0 Å². The molecule has 2 unspecified atom stereocenters. The van der Waals surface area contributed by atoms with Crippen LogP contribution in [-0.4, -0.2) is 13.2 Å².